The molecule has 8 heteroatoms. The van der Waals surface area contributed by atoms with E-state index in [4.69, 9.17) is 15.2 Å². The maximum absolute atomic E-state index is 13.1. The molecular weight excluding hydrogens is 307 g/mol. The van der Waals surface area contributed by atoms with Crippen LogP contribution in [0.25, 0.3) is 0 Å². The number of H-pyrrole nitrogens is 1. The summed E-state index contributed by atoms with van der Waals surface area (Å²) >= 11 is 1.52. The Morgan fingerprint density at radius 3 is 2.64 bits per heavy atom. The van der Waals surface area contributed by atoms with Crippen LogP contribution in [0.15, 0.2) is 29.4 Å². The minimum Gasteiger partial charge on any atom is -0.368 e. The minimum absolute atomic E-state index is 0.269. The average molecular weight is 324 g/mol. The molecule has 1 saturated heterocycles. The SMILES string of the molecule is Nc1nc(SCCCC2(c3ccc(F)cc3)OCCO2)n[nH]1. The van der Waals surface area contributed by atoms with Crippen molar-refractivity contribution in [3.8, 4) is 0 Å². The van der Waals surface area contributed by atoms with Crippen molar-refractivity contribution >= 4 is 17.7 Å². The van der Waals surface area contributed by atoms with E-state index in [9.17, 15) is 4.39 Å². The maximum atomic E-state index is 13.1. The number of aromatic nitrogens is 3. The third kappa shape index (κ3) is 3.40. The summed E-state index contributed by atoms with van der Waals surface area (Å²) in [5.41, 5.74) is 6.32. The third-order valence-corrected chi connectivity index (χ3v) is 4.33. The molecule has 3 rings (SSSR count). The van der Waals surface area contributed by atoms with Gasteiger partial charge in [0.2, 0.25) is 11.1 Å². The van der Waals surface area contributed by atoms with Gasteiger partial charge in [-0.25, -0.2) is 9.49 Å². The van der Waals surface area contributed by atoms with Crippen LogP contribution in [0.2, 0.25) is 0 Å². The molecule has 0 atom stereocenters. The van der Waals surface area contributed by atoms with Gasteiger partial charge < -0.3 is 15.2 Å². The lowest BCUT2D eigenvalue weighted by Gasteiger charge is -2.27. The fraction of sp³-hybridized carbons (Fsp3) is 0.429. The fourth-order valence-electron chi connectivity index (χ4n) is 2.40. The average Bonchev–Trinajstić information content (AvgIpc) is 3.14. The highest BCUT2D eigenvalue weighted by Gasteiger charge is 2.37. The highest BCUT2D eigenvalue weighted by Crippen LogP contribution is 2.36. The lowest BCUT2D eigenvalue weighted by molar-refractivity contribution is -0.170. The molecule has 0 radical (unpaired) electrons. The van der Waals surface area contributed by atoms with Crippen LogP contribution in [0.1, 0.15) is 18.4 Å². The monoisotopic (exact) mass is 324 g/mol. The van der Waals surface area contributed by atoms with Gasteiger partial charge in [-0.3, -0.25) is 0 Å². The Balaban J connectivity index is 1.58. The zero-order chi connectivity index (χ0) is 15.4. The predicted molar refractivity (Wildman–Crippen MR) is 80.7 cm³/mol. The van der Waals surface area contributed by atoms with Gasteiger partial charge in [-0.2, -0.15) is 4.98 Å². The predicted octanol–water partition coefficient (Wildman–Crippen LogP) is 2.30. The van der Waals surface area contributed by atoms with E-state index < -0.39 is 5.79 Å². The molecule has 2 aromatic rings. The van der Waals surface area contributed by atoms with Crippen molar-refractivity contribution in [2.24, 2.45) is 0 Å². The Hall–Kier alpha value is -1.64. The molecule has 1 aliphatic rings. The van der Waals surface area contributed by atoms with Crippen molar-refractivity contribution in [1.29, 1.82) is 0 Å². The summed E-state index contributed by atoms with van der Waals surface area (Å²) in [5.74, 6) is 0.0848. The van der Waals surface area contributed by atoms with Crippen LogP contribution in [0, 0.1) is 5.82 Å². The second-order valence-electron chi connectivity index (χ2n) is 4.91. The van der Waals surface area contributed by atoms with E-state index in [1.54, 1.807) is 12.1 Å². The largest absolute Gasteiger partial charge is 0.368 e. The molecule has 0 unspecified atom stereocenters. The van der Waals surface area contributed by atoms with Crippen molar-refractivity contribution < 1.29 is 13.9 Å². The number of benzene rings is 1. The molecule has 3 N–H and O–H groups in total. The number of rotatable bonds is 6. The van der Waals surface area contributed by atoms with Crippen molar-refractivity contribution in [3.63, 3.8) is 0 Å². The molecule has 118 valence electrons. The van der Waals surface area contributed by atoms with E-state index in [1.165, 1.54) is 23.9 Å². The number of ether oxygens (including phenoxy) is 2. The molecule has 22 heavy (non-hydrogen) atoms. The molecule has 2 heterocycles. The Morgan fingerprint density at radius 1 is 1.27 bits per heavy atom. The summed E-state index contributed by atoms with van der Waals surface area (Å²) in [6.07, 6.45) is 1.53. The fourth-order valence-corrected chi connectivity index (χ4v) is 3.15. The molecule has 0 aliphatic carbocycles. The first-order valence-corrected chi connectivity index (χ1v) is 8.01. The van der Waals surface area contributed by atoms with Crippen molar-refractivity contribution in [2.75, 3.05) is 24.7 Å². The van der Waals surface area contributed by atoms with Gasteiger partial charge in [0.1, 0.15) is 5.82 Å². The molecule has 1 aliphatic heterocycles. The Morgan fingerprint density at radius 2 is 2.00 bits per heavy atom. The molecular formula is C14H17FN4O2S. The van der Waals surface area contributed by atoms with Gasteiger partial charge >= 0.3 is 0 Å². The molecule has 6 nitrogen and oxygen atoms in total. The van der Waals surface area contributed by atoms with Crippen molar-refractivity contribution in [3.05, 3.63) is 35.6 Å². The smallest absolute Gasteiger partial charge is 0.216 e. The van der Waals surface area contributed by atoms with E-state index in [0.717, 1.165) is 17.7 Å². The normalized spacial score (nSPS) is 17.0. The number of nitrogens with two attached hydrogens (primary N) is 1. The van der Waals surface area contributed by atoms with Gasteiger partial charge in [0.05, 0.1) is 13.2 Å². The second kappa shape index (κ2) is 6.64. The van der Waals surface area contributed by atoms with E-state index in [2.05, 4.69) is 15.2 Å². The topological polar surface area (TPSA) is 86.1 Å². The number of thioether (sulfide) groups is 1. The van der Waals surface area contributed by atoms with Crippen LogP contribution < -0.4 is 5.73 Å². The molecule has 0 saturated carbocycles. The number of halogens is 1. The van der Waals surface area contributed by atoms with Crippen LogP contribution in [0.3, 0.4) is 0 Å². The first-order chi connectivity index (χ1) is 10.7. The molecule has 0 bridgehead atoms. The van der Waals surface area contributed by atoms with E-state index in [1.807, 2.05) is 0 Å². The van der Waals surface area contributed by atoms with Gasteiger partial charge in [-0.15, -0.1) is 5.10 Å². The van der Waals surface area contributed by atoms with E-state index >= 15 is 0 Å². The van der Waals surface area contributed by atoms with Crippen LogP contribution >= 0.6 is 11.8 Å². The summed E-state index contributed by atoms with van der Waals surface area (Å²) in [4.78, 5) is 4.04. The minimum atomic E-state index is -0.772. The molecule has 1 fully saturated rings. The van der Waals surface area contributed by atoms with Crippen LogP contribution in [0.4, 0.5) is 10.3 Å². The summed E-state index contributed by atoms with van der Waals surface area (Å²) in [5, 5.41) is 7.19. The zero-order valence-corrected chi connectivity index (χ0v) is 12.7. The molecule has 0 amide bonds. The number of anilines is 1. The number of hydrogen-bond donors (Lipinski definition) is 2. The number of nitrogen functional groups attached to an aromatic ring is 1. The number of aromatic amines is 1. The summed E-state index contributed by atoms with van der Waals surface area (Å²) in [7, 11) is 0. The standard InChI is InChI=1S/C14H17FN4O2S/c15-11-4-2-10(3-5-11)14(20-7-8-21-14)6-1-9-22-13-17-12(16)18-19-13/h2-5H,1,6-9H2,(H3,16,17,18,19). The summed E-state index contributed by atoms with van der Waals surface area (Å²) in [6, 6.07) is 6.27. The highest BCUT2D eigenvalue weighted by atomic mass is 32.2. The van der Waals surface area contributed by atoms with Gasteiger partial charge in [0.15, 0.2) is 5.79 Å². The summed E-state index contributed by atoms with van der Waals surface area (Å²) in [6.45, 7) is 1.09. The van der Waals surface area contributed by atoms with Gasteiger partial charge in [-0.1, -0.05) is 23.9 Å². The Labute approximate surface area is 131 Å². The zero-order valence-electron chi connectivity index (χ0n) is 11.9. The van der Waals surface area contributed by atoms with Gasteiger partial charge in [-0.05, 0) is 18.6 Å². The maximum Gasteiger partial charge on any atom is 0.216 e. The Kier molecular flexibility index (Phi) is 4.60. The number of nitrogens with one attached hydrogen (secondary N) is 1. The molecule has 1 aromatic heterocycles. The first kappa shape index (κ1) is 15.3. The lowest BCUT2D eigenvalue weighted by Crippen LogP contribution is -2.27. The van der Waals surface area contributed by atoms with Gasteiger partial charge in [0, 0.05) is 17.7 Å². The third-order valence-electron chi connectivity index (χ3n) is 3.40. The quantitative estimate of drug-likeness (QED) is 0.626. The Bertz CT molecular complexity index is 614. The van der Waals surface area contributed by atoms with Crippen molar-refractivity contribution in [1.82, 2.24) is 15.2 Å². The lowest BCUT2D eigenvalue weighted by atomic mass is 10.0. The van der Waals surface area contributed by atoms with Gasteiger partial charge in [0.25, 0.3) is 0 Å². The first-order valence-electron chi connectivity index (χ1n) is 7.03. The number of nitrogens with zero attached hydrogens (tertiary/aromatic N) is 2. The van der Waals surface area contributed by atoms with Crippen LogP contribution in [-0.4, -0.2) is 34.1 Å². The summed E-state index contributed by atoms with van der Waals surface area (Å²) < 4.78 is 24.7. The second-order valence-corrected chi connectivity index (χ2v) is 5.97. The molecule has 1 aromatic carbocycles. The van der Waals surface area contributed by atoms with E-state index in [-0.39, 0.29) is 5.82 Å². The van der Waals surface area contributed by atoms with E-state index in [0.29, 0.717) is 30.7 Å². The molecule has 0 spiro atoms. The highest BCUT2D eigenvalue weighted by molar-refractivity contribution is 7.99. The van der Waals surface area contributed by atoms with Crippen LogP contribution in [0.5, 0.6) is 0 Å². The number of hydrogen-bond acceptors (Lipinski definition) is 6. The van der Waals surface area contributed by atoms with Crippen LogP contribution in [-0.2, 0) is 15.3 Å². The van der Waals surface area contributed by atoms with Crippen molar-refractivity contribution in [2.45, 2.75) is 23.8 Å².